The number of rotatable bonds is 4. The van der Waals surface area contributed by atoms with Crippen molar-refractivity contribution in [3.63, 3.8) is 0 Å². The van der Waals surface area contributed by atoms with E-state index in [-0.39, 0.29) is 16.6 Å². The summed E-state index contributed by atoms with van der Waals surface area (Å²) < 4.78 is 36.6. The maximum Gasteiger partial charge on any atom is 0.301 e. The van der Waals surface area contributed by atoms with Crippen molar-refractivity contribution < 1.29 is 22.6 Å². The van der Waals surface area contributed by atoms with Gasteiger partial charge in [0.15, 0.2) is 22.0 Å². The van der Waals surface area contributed by atoms with Gasteiger partial charge in [0.1, 0.15) is 5.69 Å². The smallest absolute Gasteiger partial charge is 0.301 e. The first-order valence-electron chi connectivity index (χ1n) is 5.36. The number of amidine groups is 1. The van der Waals surface area contributed by atoms with Crippen LogP contribution in [0.15, 0.2) is 22.0 Å². The zero-order valence-electron chi connectivity index (χ0n) is 11.3. The average Bonchev–Trinajstić information content (AvgIpc) is 2.44. The van der Waals surface area contributed by atoms with Gasteiger partial charge in [-0.1, -0.05) is 11.8 Å². The fraction of sp³-hybridized carbons (Fsp3) is 0.200. The molecule has 0 aliphatic carbocycles. The zero-order valence-corrected chi connectivity index (χ0v) is 12.9. The molecule has 0 fully saturated rings. The van der Waals surface area contributed by atoms with Crippen molar-refractivity contribution >= 4 is 38.4 Å². The van der Waals surface area contributed by atoms with E-state index in [0.717, 1.165) is 23.9 Å². The lowest BCUT2D eigenvalue weighted by molar-refractivity contribution is -0.387. The normalized spacial score (nSPS) is 11.6. The summed E-state index contributed by atoms with van der Waals surface area (Å²) >= 11 is 1.05. The van der Waals surface area contributed by atoms with Gasteiger partial charge in [-0.05, 0) is 12.3 Å². The van der Waals surface area contributed by atoms with Gasteiger partial charge >= 0.3 is 10.1 Å². The topological polar surface area (TPSA) is 155 Å². The maximum atomic E-state index is 11.3. The van der Waals surface area contributed by atoms with Crippen LogP contribution in [0.2, 0.25) is 0 Å². The van der Waals surface area contributed by atoms with Crippen LogP contribution in [0.25, 0.3) is 0 Å². The summed E-state index contributed by atoms with van der Waals surface area (Å²) in [5, 5.41) is 21.8. The van der Waals surface area contributed by atoms with Crippen molar-refractivity contribution in [2.45, 2.75) is 4.90 Å². The average molecular weight is 346 g/mol. The summed E-state index contributed by atoms with van der Waals surface area (Å²) in [7, 11) is -3.63. The predicted molar refractivity (Wildman–Crippen MR) is 78.8 cm³/mol. The summed E-state index contributed by atoms with van der Waals surface area (Å²) in [6, 6.07) is 1.62. The van der Waals surface area contributed by atoms with Gasteiger partial charge in [0.05, 0.1) is 18.1 Å². The maximum absolute atomic E-state index is 11.3. The number of hydrogen-bond donors (Lipinski definition) is 2. The molecule has 0 spiro atoms. The second-order valence-electron chi connectivity index (χ2n) is 3.58. The molecule has 0 saturated carbocycles. The number of nitro benzene ring substituents is 1. The molecular weight excluding hydrogens is 336 g/mol. The fourth-order valence-corrected chi connectivity index (χ4v) is 2.42. The van der Waals surface area contributed by atoms with E-state index < -0.39 is 25.6 Å². The van der Waals surface area contributed by atoms with Gasteiger partial charge in [-0.3, -0.25) is 20.0 Å². The minimum Gasteiger partial charge on any atom is -0.494 e. The lowest BCUT2D eigenvalue weighted by atomic mass is 10.2. The Morgan fingerprint density at radius 2 is 2.23 bits per heavy atom. The number of nitrogens with zero attached hydrogens (tertiary/aromatic N) is 3. The number of nitro groups is 1. The van der Waals surface area contributed by atoms with Crippen molar-refractivity contribution in [1.82, 2.24) is 5.32 Å². The molecule has 0 aromatic heterocycles. The Morgan fingerprint density at radius 3 is 2.64 bits per heavy atom. The highest BCUT2D eigenvalue weighted by Gasteiger charge is 2.27. The van der Waals surface area contributed by atoms with Crippen LogP contribution in [-0.2, 0) is 10.1 Å². The third kappa shape index (κ3) is 4.07. The van der Waals surface area contributed by atoms with Gasteiger partial charge in [0.25, 0.3) is 5.69 Å². The van der Waals surface area contributed by atoms with Crippen LogP contribution in [0, 0.1) is 21.6 Å². The summed E-state index contributed by atoms with van der Waals surface area (Å²) in [5.41, 5.74) is -0.954. The molecule has 0 aliphatic rings. The third-order valence-electron chi connectivity index (χ3n) is 2.31. The molecule has 12 heteroatoms. The van der Waals surface area contributed by atoms with E-state index in [9.17, 15) is 18.5 Å². The lowest BCUT2D eigenvalue weighted by Crippen LogP contribution is -2.12. The number of nitriles is 1. The second kappa shape index (κ2) is 7.07. The number of thioether (sulfide) groups is 1. The molecule has 0 atom stereocenters. The van der Waals surface area contributed by atoms with E-state index in [0.29, 0.717) is 0 Å². The Bertz CT molecular complexity index is 768. The van der Waals surface area contributed by atoms with Crippen LogP contribution in [0.4, 0.5) is 11.4 Å². The molecule has 0 aliphatic heterocycles. The van der Waals surface area contributed by atoms with Crippen LogP contribution in [0.5, 0.6) is 5.75 Å². The summed E-state index contributed by atoms with van der Waals surface area (Å²) in [6.07, 6.45) is 3.23. The van der Waals surface area contributed by atoms with E-state index in [4.69, 9.17) is 14.6 Å². The van der Waals surface area contributed by atoms with Gasteiger partial charge in [-0.2, -0.15) is 13.7 Å². The Hall–Kier alpha value is -2.36. The fourth-order valence-electron chi connectivity index (χ4n) is 1.42. The van der Waals surface area contributed by atoms with Crippen molar-refractivity contribution in [2.75, 3.05) is 13.4 Å². The van der Waals surface area contributed by atoms with Gasteiger partial charge in [0.2, 0.25) is 0 Å². The number of ether oxygens (including phenoxy) is 1. The first-order chi connectivity index (χ1) is 10.2. The highest BCUT2D eigenvalue weighted by atomic mass is 32.2. The molecular formula is C10H10N4O6S2. The molecule has 0 saturated heterocycles. The molecule has 0 heterocycles. The van der Waals surface area contributed by atoms with Gasteiger partial charge in [0, 0.05) is 0 Å². The third-order valence-corrected chi connectivity index (χ3v) is 3.78. The quantitative estimate of drug-likeness (QED) is 0.156. The minimum absolute atomic E-state index is 0.0922. The van der Waals surface area contributed by atoms with Crippen molar-refractivity contribution in [3.05, 3.63) is 22.2 Å². The lowest BCUT2D eigenvalue weighted by Gasteiger charge is -2.08. The van der Waals surface area contributed by atoms with Gasteiger partial charge in [-0.25, -0.2) is 4.99 Å². The van der Waals surface area contributed by atoms with Crippen LogP contribution in [-0.4, -0.2) is 36.4 Å². The second-order valence-corrected chi connectivity index (χ2v) is 5.77. The molecule has 1 aromatic rings. The minimum atomic E-state index is -4.84. The predicted octanol–water partition coefficient (Wildman–Crippen LogP) is 1.27. The van der Waals surface area contributed by atoms with E-state index in [1.807, 2.05) is 0 Å². The Kier molecular flexibility index (Phi) is 5.69. The Labute approximate surface area is 129 Å². The monoisotopic (exact) mass is 346 g/mol. The van der Waals surface area contributed by atoms with Crippen LogP contribution in [0.1, 0.15) is 0 Å². The highest BCUT2D eigenvalue weighted by Crippen LogP contribution is 2.37. The molecule has 0 unspecified atom stereocenters. The van der Waals surface area contributed by atoms with E-state index in [2.05, 4.69) is 10.3 Å². The molecule has 0 radical (unpaired) electrons. The van der Waals surface area contributed by atoms with Crippen molar-refractivity contribution in [2.24, 2.45) is 4.99 Å². The molecule has 1 aromatic carbocycles. The molecule has 0 amide bonds. The number of methoxy groups -OCH3 is 1. The molecule has 1 rings (SSSR count). The summed E-state index contributed by atoms with van der Waals surface area (Å²) in [5.74, 6) is -0.0922. The zero-order chi connectivity index (χ0) is 16.9. The first-order valence-corrected chi connectivity index (χ1v) is 8.02. The number of aliphatic imine (C=N–C) groups is 1. The number of benzene rings is 1. The molecule has 2 N–H and O–H groups in total. The highest BCUT2D eigenvalue weighted by molar-refractivity contribution is 8.13. The SMILES string of the molecule is COc1cc([N+](=O)[O-])c(S(=O)(=O)O)cc1N=C(NC#N)SC. The number of hydrogen-bond acceptors (Lipinski definition) is 8. The van der Waals surface area contributed by atoms with E-state index in [1.54, 1.807) is 12.4 Å². The van der Waals surface area contributed by atoms with Gasteiger partial charge < -0.3 is 4.74 Å². The van der Waals surface area contributed by atoms with E-state index >= 15 is 0 Å². The van der Waals surface area contributed by atoms with Gasteiger partial charge in [-0.15, -0.1) is 0 Å². The molecule has 0 bridgehead atoms. The van der Waals surface area contributed by atoms with Crippen molar-refractivity contribution in [1.29, 1.82) is 5.26 Å². The van der Waals surface area contributed by atoms with Crippen LogP contribution >= 0.6 is 11.8 Å². The largest absolute Gasteiger partial charge is 0.494 e. The summed E-state index contributed by atoms with van der Waals surface area (Å²) in [6.45, 7) is 0. The molecule has 10 nitrogen and oxygen atoms in total. The standard InChI is InChI=1S/C10H10N4O6S2/c1-20-8-4-7(14(15)16)9(22(17,18)19)3-6(8)13-10(21-2)12-5-11/h3-4H,1-2H3,(H,12,13)(H,17,18,19). The van der Waals surface area contributed by atoms with E-state index in [1.165, 1.54) is 7.11 Å². The van der Waals surface area contributed by atoms with Crippen molar-refractivity contribution in [3.8, 4) is 11.9 Å². The molecule has 118 valence electrons. The first kappa shape index (κ1) is 17.7. The summed E-state index contributed by atoms with van der Waals surface area (Å²) in [4.78, 5) is 13.0. The molecule has 22 heavy (non-hydrogen) atoms. The Balaban J connectivity index is 3.66. The van der Waals surface area contributed by atoms with Crippen LogP contribution < -0.4 is 10.1 Å². The number of nitrogens with one attached hydrogen (secondary N) is 1. The Morgan fingerprint density at radius 1 is 1.59 bits per heavy atom. The van der Waals surface area contributed by atoms with Crippen LogP contribution in [0.3, 0.4) is 0 Å².